The molecule has 0 aromatic heterocycles. The molecule has 0 amide bonds. The van der Waals surface area contributed by atoms with Gasteiger partial charge in [0, 0.05) is 13.1 Å². The van der Waals surface area contributed by atoms with Gasteiger partial charge in [-0.25, -0.2) is 4.79 Å². The van der Waals surface area contributed by atoms with Crippen molar-refractivity contribution in [1.29, 1.82) is 0 Å². The molecule has 136 valence electrons. The third kappa shape index (κ3) is 3.41. The van der Waals surface area contributed by atoms with Crippen molar-refractivity contribution in [2.24, 2.45) is 0 Å². The second-order valence-corrected chi connectivity index (χ2v) is 7.46. The lowest BCUT2D eigenvalue weighted by atomic mass is 9.78. The molecule has 2 fully saturated rings. The van der Waals surface area contributed by atoms with E-state index in [1.165, 1.54) is 7.11 Å². The van der Waals surface area contributed by atoms with Crippen LogP contribution < -0.4 is 10.4 Å². The van der Waals surface area contributed by atoms with E-state index in [4.69, 9.17) is 18.8 Å². The molecule has 1 aromatic carbocycles. The number of anilines is 1. The Bertz CT molecular complexity index is 639. The van der Waals surface area contributed by atoms with Crippen LogP contribution in [0.2, 0.25) is 0 Å². The van der Waals surface area contributed by atoms with Gasteiger partial charge in [0.15, 0.2) is 0 Å². The Kier molecular flexibility index (Phi) is 4.83. The zero-order valence-electron chi connectivity index (χ0n) is 15.6. The van der Waals surface area contributed by atoms with Gasteiger partial charge in [-0.05, 0) is 45.3 Å². The number of hydrogen-bond donors (Lipinski definition) is 0. The fraction of sp³-hybridized carbons (Fsp3) is 0.611. The van der Waals surface area contributed by atoms with Crippen LogP contribution in [-0.2, 0) is 18.8 Å². The molecule has 25 heavy (non-hydrogen) atoms. The van der Waals surface area contributed by atoms with Crippen LogP contribution in [0.25, 0.3) is 0 Å². The zero-order valence-corrected chi connectivity index (χ0v) is 15.6. The Labute approximate surface area is 149 Å². The summed E-state index contributed by atoms with van der Waals surface area (Å²) < 4.78 is 22.6. The third-order valence-electron chi connectivity index (χ3n) is 5.30. The van der Waals surface area contributed by atoms with Gasteiger partial charge < -0.3 is 23.7 Å². The first-order valence-corrected chi connectivity index (χ1v) is 8.66. The van der Waals surface area contributed by atoms with Gasteiger partial charge in [-0.1, -0.05) is 6.07 Å². The number of benzene rings is 1. The maximum absolute atomic E-state index is 12.2. The van der Waals surface area contributed by atoms with Crippen molar-refractivity contribution in [2.45, 2.75) is 38.9 Å². The van der Waals surface area contributed by atoms with Gasteiger partial charge in [0.1, 0.15) is 0 Å². The predicted molar refractivity (Wildman–Crippen MR) is 96.5 cm³/mol. The molecule has 0 aliphatic carbocycles. The highest BCUT2D eigenvalue weighted by atomic mass is 16.7. The number of morpholine rings is 1. The van der Waals surface area contributed by atoms with Crippen LogP contribution in [-0.4, -0.2) is 57.7 Å². The van der Waals surface area contributed by atoms with E-state index in [0.29, 0.717) is 18.8 Å². The zero-order chi connectivity index (χ0) is 18.2. The molecule has 0 atom stereocenters. The van der Waals surface area contributed by atoms with E-state index in [2.05, 4.69) is 4.90 Å². The van der Waals surface area contributed by atoms with Crippen molar-refractivity contribution >= 4 is 24.2 Å². The van der Waals surface area contributed by atoms with Crippen LogP contribution in [0.1, 0.15) is 38.1 Å². The van der Waals surface area contributed by atoms with E-state index in [1.807, 2.05) is 39.8 Å². The maximum Gasteiger partial charge on any atom is 0.494 e. The highest BCUT2D eigenvalue weighted by Gasteiger charge is 2.51. The molecule has 2 aliphatic heterocycles. The Balaban J connectivity index is 1.95. The second-order valence-electron chi connectivity index (χ2n) is 7.46. The minimum Gasteiger partial charge on any atom is -0.465 e. The number of hydrogen-bond acceptors (Lipinski definition) is 6. The average molecular weight is 347 g/mol. The number of ether oxygens (including phenoxy) is 2. The van der Waals surface area contributed by atoms with E-state index in [0.717, 1.165) is 24.2 Å². The monoisotopic (exact) mass is 347 g/mol. The first-order valence-electron chi connectivity index (χ1n) is 8.66. The van der Waals surface area contributed by atoms with Crippen LogP contribution in [0.5, 0.6) is 0 Å². The van der Waals surface area contributed by atoms with E-state index in [-0.39, 0.29) is 5.97 Å². The van der Waals surface area contributed by atoms with E-state index in [9.17, 15) is 4.79 Å². The standard InChI is InChI=1S/C18H26BNO5/c1-17(2)18(3,4)25-19(24-17)13-6-7-14(16(21)22-5)15(12-13)20-8-10-23-11-9-20/h6-7,12H,8-11H2,1-5H3. The smallest absolute Gasteiger partial charge is 0.465 e. The van der Waals surface area contributed by atoms with Gasteiger partial charge in [0.25, 0.3) is 0 Å². The van der Waals surface area contributed by atoms with E-state index in [1.54, 1.807) is 6.07 Å². The van der Waals surface area contributed by atoms with Gasteiger partial charge in [-0.3, -0.25) is 0 Å². The van der Waals surface area contributed by atoms with Crippen molar-refractivity contribution in [3.05, 3.63) is 23.8 Å². The molecule has 6 nitrogen and oxygen atoms in total. The SMILES string of the molecule is COC(=O)c1ccc(B2OC(C)(C)C(C)(C)O2)cc1N1CCOCC1. The number of rotatable bonds is 3. The Morgan fingerprint density at radius 2 is 1.72 bits per heavy atom. The van der Waals surface area contributed by atoms with E-state index >= 15 is 0 Å². The first-order chi connectivity index (χ1) is 11.7. The number of carbonyl (C=O) groups excluding carboxylic acids is 1. The molecule has 0 bridgehead atoms. The van der Waals surface area contributed by atoms with E-state index < -0.39 is 18.3 Å². The number of methoxy groups -OCH3 is 1. The summed E-state index contributed by atoms with van der Waals surface area (Å²) in [6.45, 7) is 10.9. The topological polar surface area (TPSA) is 57.2 Å². The molecular weight excluding hydrogens is 321 g/mol. The lowest BCUT2D eigenvalue weighted by Crippen LogP contribution is -2.41. The molecule has 0 unspecified atom stereocenters. The van der Waals surface area contributed by atoms with Gasteiger partial charge in [-0.15, -0.1) is 0 Å². The largest absolute Gasteiger partial charge is 0.494 e. The lowest BCUT2D eigenvalue weighted by Gasteiger charge is -2.32. The summed E-state index contributed by atoms with van der Waals surface area (Å²) in [6, 6.07) is 5.63. The minimum absolute atomic E-state index is 0.345. The van der Waals surface area contributed by atoms with Crippen LogP contribution in [0, 0.1) is 0 Å². The molecule has 0 N–H and O–H groups in total. The first kappa shape index (κ1) is 18.2. The summed E-state index contributed by atoms with van der Waals surface area (Å²) in [7, 11) is 0.935. The molecular formula is C18H26BNO5. The molecule has 0 spiro atoms. The summed E-state index contributed by atoms with van der Waals surface area (Å²) in [6.07, 6.45) is 0. The molecule has 0 saturated carbocycles. The van der Waals surface area contributed by atoms with Gasteiger partial charge in [-0.2, -0.15) is 0 Å². The van der Waals surface area contributed by atoms with Crippen molar-refractivity contribution in [3.8, 4) is 0 Å². The normalized spacial score (nSPS) is 22.1. The lowest BCUT2D eigenvalue weighted by molar-refractivity contribution is 0.00578. The van der Waals surface area contributed by atoms with Crippen molar-refractivity contribution < 1.29 is 23.6 Å². The summed E-state index contributed by atoms with van der Waals surface area (Å²) in [5, 5.41) is 0. The van der Waals surface area contributed by atoms with Crippen LogP contribution in [0.15, 0.2) is 18.2 Å². The maximum atomic E-state index is 12.2. The quantitative estimate of drug-likeness (QED) is 0.612. The Morgan fingerprint density at radius 3 is 2.28 bits per heavy atom. The van der Waals surface area contributed by atoms with Gasteiger partial charge in [0.05, 0.1) is 42.8 Å². The molecule has 0 radical (unpaired) electrons. The second kappa shape index (κ2) is 6.63. The summed E-state index contributed by atoms with van der Waals surface area (Å²) in [4.78, 5) is 14.3. The van der Waals surface area contributed by atoms with Gasteiger partial charge >= 0.3 is 13.1 Å². The Morgan fingerprint density at radius 1 is 1.12 bits per heavy atom. The number of esters is 1. The molecule has 2 aliphatic rings. The number of nitrogens with zero attached hydrogens (tertiary/aromatic N) is 1. The highest BCUT2D eigenvalue weighted by molar-refractivity contribution is 6.62. The molecule has 7 heteroatoms. The molecule has 3 rings (SSSR count). The van der Waals surface area contributed by atoms with Gasteiger partial charge in [0.2, 0.25) is 0 Å². The van der Waals surface area contributed by atoms with Crippen molar-refractivity contribution in [2.75, 3.05) is 38.3 Å². The predicted octanol–water partition coefficient (Wildman–Crippen LogP) is 1.61. The van der Waals surface area contributed by atoms with Crippen LogP contribution in [0.3, 0.4) is 0 Å². The van der Waals surface area contributed by atoms with Crippen LogP contribution in [0.4, 0.5) is 5.69 Å². The summed E-state index contributed by atoms with van der Waals surface area (Å²) in [5.74, 6) is -0.345. The Hall–Kier alpha value is -1.57. The summed E-state index contributed by atoms with van der Waals surface area (Å²) >= 11 is 0. The molecule has 1 aromatic rings. The van der Waals surface area contributed by atoms with Crippen LogP contribution >= 0.6 is 0 Å². The minimum atomic E-state index is -0.462. The summed E-state index contributed by atoms with van der Waals surface area (Å²) in [5.41, 5.74) is 1.47. The highest BCUT2D eigenvalue weighted by Crippen LogP contribution is 2.36. The average Bonchev–Trinajstić information content (AvgIpc) is 2.82. The fourth-order valence-electron chi connectivity index (χ4n) is 3.02. The molecule has 2 heterocycles. The van der Waals surface area contributed by atoms with Crippen molar-refractivity contribution in [3.63, 3.8) is 0 Å². The number of carbonyl (C=O) groups is 1. The fourth-order valence-corrected chi connectivity index (χ4v) is 3.02. The van der Waals surface area contributed by atoms with Crippen molar-refractivity contribution in [1.82, 2.24) is 0 Å². The molecule has 2 saturated heterocycles. The third-order valence-corrected chi connectivity index (χ3v) is 5.30.